The van der Waals surface area contributed by atoms with Crippen molar-refractivity contribution in [3.05, 3.63) is 28.5 Å². The number of rotatable bonds is 0. The number of hydrogen-bond donors (Lipinski definition) is 2. The van der Waals surface area contributed by atoms with Crippen molar-refractivity contribution in [2.45, 2.75) is 18.9 Å². The fourth-order valence-electron chi connectivity index (χ4n) is 2.96. The summed E-state index contributed by atoms with van der Waals surface area (Å²) in [6.07, 6.45) is 0.0302. The first-order chi connectivity index (χ1) is 9.02. The molecule has 2 aliphatic heterocycles. The molecule has 1 saturated heterocycles. The minimum atomic E-state index is -0.968. The summed E-state index contributed by atoms with van der Waals surface area (Å²) in [5, 5.41) is 5.75. The summed E-state index contributed by atoms with van der Waals surface area (Å²) >= 11 is 5.86. The van der Waals surface area contributed by atoms with E-state index in [1.807, 2.05) is 6.92 Å². The largest absolute Gasteiger partial charge is 0.436 e. The summed E-state index contributed by atoms with van der Waals surface area (Å²) in [5.41, 5.74) is -0.183. The van der Waals surface area contributed by atoms with Crippen LogP contribution in [0.4, 0.5) is 14.9 Å². The van der Waals surface area contributed by atoms with Crippen molar-refractivity contribution in [2.24, 2.45) is 5.92 Å². The van der Waals surface area contributed by atoms with Gasteiger partial charge in [0.05, 0.1) is 16.3 Å². The van der Waals surface area contributed by atoms with Crippen molar-refractivity contribution in [1.29, 1.82) is 0 Å². The molecular weight excluding hydrogens is 271 g/mol. The van der Waals surface area contributed by atoms with Gasteiger partial charge < -0.3 is 10.1 Å². The molecule has 0 aromatic heterocycles. The summed E-state index contributed by atoms with van der Waals surface area (Å²) < 4.78 is 19.8. The van der Waals surface area contributed by atoms with Gasteiger partial charge in [-0.05, 0) is 31.0 Å². The van der Waals surface area contributed by atoms with Crippen LogP contribution in [-0.4, -0.2) is 19.2 Å². The van der Waals surface area contributed by atoms with Crippen LogP contribution in [0.1, 0.15) is 18.9 Å². The highest BCUT2D eigenvalue weighted by atomic mass is 35.5. The molecule has 2 N–H and O–H groups in total. The molecule has 1 fully saturated rings. The molecule has 0 saturated carbocycles. The van der Waals surface area contributed by atoms with Gasteiger partial charge in [0.25, 0.3) is 0 Å². The van der Waals surface area contributed by atoms with E-state index in [9.17, 15) is 9.18 Å². The zero-order valence-electron chi connectivity index (χ0n) is 10.4. The number of ether oxygens (including phenoxy) is 1. The van der Waals surface area contributed by atoms with Crippen molar-refractivity contribution in [3.63, 3.8) is 0 Å². The highest BCUT2D eigenvalue weighted by molar-refractivity contribution is 6.31. The number of benzene rings is 1. The Kier molecular flexibility index (Phi) is 2.91. The van der Waals surface area contributed by atoms with Gasteiger partial charge in [-0.15, -0.1) is 0 Å². The molecule has 1 amide bonds. The minimum absolute atomic E-state index is 0.0381. The van der Waals surface area contributed by atoms with Crippen LogP contribution in [0.15, 0.2) is 12.1 Å². The van der Waals surface area contributed by atoms with Crippen LogP contribution in [0.5, 0.6) is 0 Å². The molecule has 19 heavy (non-hydrogen) atoms. The Labute approximate surface area is 115 Å². The third kappa shape index (κ3) is 1.97. The van der Waals surface area contributed by atoms with Gasteiger partial charge >= 0.3 is 6.09 Å². The van der Waals surface area contributed by atoms with E-state index in [0.29, 0.717) is 24.2 Å². The van der Waals surface area contributed by atoms with E-state index in [0.717, 1.165) is 6.54 Å². The van der Waals surface area contributed by atoms with Crippen molar-refractivity contribution in [1.82, 2.24) is 5.32 Å². The smallest absolute Gasteiger partial charge is 0.412 e. The van der Waals surface area contributed by atoms with Crippen molar-refractivity contribution >= 4 is 23.4 Å². The van der Waals surface area contributed by atoms with Crippen molar-refractivity contribution in [2.75, 3.05) is 18.4 Å². The summed E-state index contributed by atoms with van der Waals surface area (Å²) in [6, 6.07) is 3.05. The second kappa shape index (κ2) is 4.35. The van der Waals surface area contributed by atoms with E-state index in [2.05, 4.69) is 10.6 Å². The number of carbonyl (C=O) groups is 1. The second-order valence-corrected chi connectivity index (χ2v) is 5.64. The fraction of sp³-hybridized carbons (Fsp3) is 0.462. The quantitative estimate of drug-likeness (QED) is 0.770. The molecule has 1 aromatic carbocycles. The Morgan fingerprint density at radius 2 is 2.32 bits per heavy atom. The van der Waals surface area contributed by atoms with Gasteiger partial charge in [-0.1, -0.05) is 18.5 Å². The first kappa shape index (κ1) is 12.7. The summed E-state index contributed by atoms with van der Waals surface area (Å²) in [6.45, 7) is 3.26. The molecular formula is C13H14ClFN2O2. The monoisotopic (exact) mass is 284 g/mol. The third-order valence-electron chi connectivity index (χ3n) is 3.66. The lowest BCUT2D eigenvalue weighted by atomic mass is 9.80. The normalized spacial score (nSPS) is 29.6. The minimum Gasteiger partial charge on any atom is -0.436 e. The van der Waals surface area contributed by atoms with E-state index >= 15 is 0 Å². The molecule has 0 aliphatic carbocycles. The molecule has 2 atom stereocenters. The molecule has 0 radical (unpaired) electrons. The predicted octanol–water partition coefficient (Wildman–Crippen LogP) is 2.87. The van der Waals surface area contributed by atoms with Crippen molar-refractivity contribution < 1.29 is 13.9 Å². The van der Waals surface area contributed by atoms with Gasteiger partial charge in [-0.25, -0.2) is 9.18 Å². The van der Waals surface area contributed by atoms with Crippen LogP contribution < -0.4 is 10.6 Å². The SMILES string of the molecule is CC1CNCC2(C1)OC(=O)Nc1ccc(Cl)c(F)c12. The van der Waals surface area contributed by atoms with Gasteiger partial charge in [-0.2, -0.15) is 0 Å². The molecule has 4 nitrogen and oxygen atoms in total. The van der Waals surface area contributed by atoms with Crippen LogP contribution in [0, 0.1) is 11.7 Å². The van der Waals surface area contributed by atoms with Crippen LogP contribution in [-0.2, 0) is 10.3 Å². The lowest BCUT2D eigenvalue weighted by Gasteiger charge is -2.43. The van der Waals surface area contributed by atoms with Crippen LogP contribution in [0.3, 0.4) is 0 Å². The summed E-state index contributed by atoms with van der Waals surface area (Å²) in [4.78, 5) is 11.7. The predicted molar refractivity (Wildman–Crippen MR) is 69.8 cm³/mol. The number of piperidine rings is 1. The number of nitrogens with one attached hydrogen (secondary N) is 2. The van der Waals surface area contributed by atoms with Gasteiger partial charge in [0, 0.05) is 6.54 Å². The van der Waals surface area contributed by atoms with Crippen LogP contribution >= 0.6 is 11.6 Å². The first-order valence-corrected chi connectivity index (χ1v) is 6.59. The maximum atomic E-state index is 14.4. The zero-order chi connectivity index (χ0) is 13.6. The highest BCUT2D eigenvalue weighted by Crippen LogP contribution is 2.44. The Bertz CT molecular complexity index is 552. The third-order valence-corrected chi connectivity index (χ3v) is 3.95. The molecule has 2 aliphatic rings. The lowest BCUT2D eigenvalue weighted by Crippen LogP contribution is -2.52. The maximum absolute atomic E-state index is 14.4. The Hall–Kier alpha value is -1.33. The molecule has 2 heterocycles. The van der Waals surface area contributed by atoms with E-state index in [-0.39, 0.29) is 10.9 Å². The van der Waals surface area contributed by atoms with E-state index in [4.69, 9.17) is 16.3 Å². The van der Waals surface area contributed by atoms with Gasteiger partial charge in [-0.3, -0.25) is 5.32 Å². The van der Waals surface area contributed by atoms with Gasteiger partial charge in [0.15, 0.2) is 11.4 Å². The Morgan fingerprint density at radius 1 is 1.53 bits per heavy atom. The van der Waals surface area contributed by atoms with Gasteiger partial charge in [0.2, 0.25) is 0 Å². The average molecular weight is 285 g/mol. The van der Waals surface area contributed by atoms with E-state index < -0.39 is 17.5 Å². The number of halogens is 2. The molecule has 102 valence electrons. The lowest BCUT2D eigenvalue weighted by molar-refractivity contribution is -0.0230. The zero-order valence-corrected chi connectivity index (χ0v) is 11.2. The van der Waals surface area contributed by atoms with E-state index in [1.165, 1.54) is 6.07 Å². The maximum Gasteiger partial charge on any atom is 0.412 e. The number of hydrogen-bond acceptors (Lipinski definition) is 3. The molecule has 2 unspecified atom stereocenters. The standard InChI is InChI=1S/C13H14ClFN2O2/c1-7-4-13(6-16-5-7)10-9(17-12(18)19-13)3-2-8(14)11(10)15/h2-3,7,16H,4-6H2,1H3,(H,17,18). The first-order valence-electron chi connectivity index (χ1n) is 6.21. The highest BCUT2D eigenvalue weighted by Gasteiger charge is 2.47. The van der Waals surface area contributed by atoms with E-state index in [1.54, 1.807) is 6.07 Å². The molecule has 1 aromatic rings. The molecule has 3 rings (SSSR count). The number of anilines is 1. The number of carbonyl (C=O) groups excluding carboxylic acids is 1. The molecule has 6 heteroatoms. The summed E-state index contributed by atoms with van der Waals surface area (Å²) in [5.74, 6) is -0.235. The topological polar surface area (TPSA) is 50.4 Å². The van der Waals surface area contributed by atoms with Crippen LogP contribution in [0.2, 0.25) is 5.02 Å². The number of amides is 1. The number of fused-ring (bicyclic) bond motifs is 2. The van der Waals surface area contributed by atoms with Crippen molar-refractivity contribution in [3.8, 4) is 0 Å². The average Bonchev–Trinajstić information content (AvgIpc) is 2.33. The van der Waals surface area contributed by atoms with Crippen LogP contribution in [0.25, 0.3) is 0 Å². The fourth-order valence-corrected chi connectivity index (χ4v) is 3.12. The Morgan fingerprint density at radius 3 is 3.05 bits per heavy atom. The van der Waals surface area contributed by atoms with Gasteiger partial charge in [0.1, 0.15) is 0 Å². The summed E-state index contributed by atoms with van der Waals surface area (Å²) in [7, 11) is 0. The molecule has 1 spiro atoms. The molecule has 0 bridgehead atoms. The second-order valence-electron chi connectivity index (χ2n) is 5.23. The Balaban J connectivity index is 2.17.